The van der Waals surface area contributed by atoms with Gasteiger partial charge in [-0.25, -0.2) is 0 Å². The fourth-order valence-corrected chi connectivity index (χ4v) is 8.17. The molecule has 0 aliphatic rings. The van der Waals surface area contributed by atoms with Gasteiger partial charge in [0, 0.05) is 19.3 Å². The molecule has 0 aromatic carbocycles. The van der Waals surface area contributed by atoms with Gasteiger partial charge in [0.25, 0.3) is 0 Å². The number of unbranched alkanes of at least 4 members (excludes halogenated alkanes) is 33. The molecule has 0 aromatic heterocycles. The Morgan fingerprint density at radius 3 is 0.817 bits per heavy atom. The third-order valence-electron chi connectivity index (χ3n) is 12.2. The van der Waals surface area contributed by atoms with Crippen LogP contribution < -0.4 is 0 Å². The van der Waals surface area contributed by atoms with E-state index >= 15 is 0 Å². The summed E-state index contributed by atoms with van der Waals surface area (Å²) >= 11 is 0. The summed E-state index contributed by atoms with van der Waals surface area (Å²) in [5, 5.41) is 0. The normalized spacial score (nSPS) is 12.1. The van der Waals surface area contributed by atoms with E-state index in [2.05, 4.69) is 34.6 Å². The predicted molar refractivity (Wildman–Crippen MR) is 256 cm³/mol. The summed E-state index contributed by atoms with van der Waals surface area (Å²) in [5.41, 5.74) is 0. The van der Waals surface area contributed by atoms with Crippen molar-refractivity contribution in [3.05, 3.63) is 0 Å². The zero-order chi connectivity index (χ0) is 44.0. The highest BCUT2D eigenvalue weighted by Gasteiger charge is 2.19. The van der Waals surface area contributed by atoms with Crippen LogP contribution in [0.25, 0.3) is 0 Å². The molecule has 0 N–H and O–H groups in total. The zero-order valence-corrected chi connectivity index (χ0v) is 41.1. The van der Waals surface area contributed by atoms with E-state index in [9.17, 15) is 14.4 Å². The lowest BCUT2D eigenvalue weighted by Gasteiger charge is -2.18. The second kappa shape index (κ2) is 46.9. The van der Waals surface area contributed by atoms with E-state index in [1.54, 1.807) is 0 Å². The number of esters is 3. The molecule has 6 heteroatoms. The lowest BCUT2D eigenvalue weighted by Crippen LogP contribution is -2.30. The van der Waals surface area contributed by atoms with Gasteiger partial charge in [0.2, 0.25) is 0 Å². The Morgan fingerprint density at radius 1 is 0.317 bits per heavy atom. The van der Waals surface area contributed by atoms with Crippen molar-refractivity contribution >= 4 is 17.9 Å². The van der Waals surface area contributed by atoms with Gasteiger partial charge in [-0.3, -0.25) is 14.4 Å². The molecule has 0 saturated carbocycles. The van der Waals surface area contributed by atoms with Crippen molar-refractivity contribution in [2.45, 2.75) is 304 Å². The summed E-state index contributed by atoms with van der Waals surface area (Å²) in [4.78, 5) is 37.9. The van der Waals surface area contributed by atoms with Gasteiger partial charge in [-0.05, 0) is 31.1 Å². The van der Waals surface area contributed by atoms with Crippen molar-refractivity contribution in [2.24, 2.45) is 11.8 Å². The molecule has 0 rings (SSSR count). The van der Waals surface area contributed by atoms with Crippen LogP contribution in [0.3, 0.4) is 0 Å². The molecule has 6 nitrogen and oxygen atoms in total. The minimum absolute atomic E-state index is 0.0636. The smallest absolute Gasteiger partial charge is 0.306 e. The molecule has 356 valence electrons. The van der Waals surface area contributed by atoms with E-state index in [4.69, 9.17) is 14.2 Å². The molecule has 0 fully saturated rings. The van der Waals surface area contributed by atoms with Crippen LogP contribution >= 0.6 is 0 Å². The van der Waals surface area contributed by atoms with Crippen LogP contribution in [0.5, 0.6) is 0 Å². The van der Waals surface area contributed by atoms with Crippen LogP contribution in [0.4, 0.5) is 0 Å². The number of ether oxygens (including phenoxy) is 3. The van der Waals surface area contributed by atoms with Crippen LogP contribution in [0, 0.1) is 11.8 Å². The first-order valence-corrected chi connectivity index (χ1v) is 26.7. The third kappa shape index (κ3) is 47.5. The molecule has 0 aliphatic heterocycles. The lowest BCUT2D eigenvalue weighted by molar-refractivity contribution is -0.167. The van der Waals surface area contributed by atoms with Gasteiger partial charge in [-0.2, -0.15) is 0 Å². The van der Waals surface area contributed by atoms with E-state index in [-0.39, 0.29) is 31.1 Å². The summed E-state index contributed by atoms with van der Waals surface area (Å²) in [7, 11) is 0. The van der Waals surface area contributed by atoms with E-state index < -0.39 is 6.10 Å². The van der Waals surface area contributed by atoms with E-state index in [0.29, 0.717) is 19.3 Å². The summed E-state index contributed by atoms with van der Waals surface area (Å²) in [6.45, 7) is 11.4. The van der Waals surface area contributed by atoms with Crippen molar-refractivity contribution in [1.29, 1.82) is 0 Å². The first-order valence-electron chi connectivity index (χ1n) is 26.7. The Labute approximate surface area is 374 Å². The molecule has 0 spiro atoms. The Bertz CT molecular complexity index is 916. The molecule has 0 heterocycles. The maximum Gasteiger partial charge on any atom is 0.306 e. The van der Waals surface area contributed by atoms with Gasteiger partial charge in [-0.1, -0.05) is 259 Å². The SMILES string of the molecule is CCCCCCCCCCCCC(=O)OC[C@@H](COC(=O)CCCCCCCCCCCCC(C)C)OC(=O)CCCCCCCCCCCCCCCCCCC(C)C. The number of rotatable bonds is 48. The first-order chi connectivity index (χ1) is 29.2. The maximum absolute atomic E-state index is 12.8. The fraction of sp³-hybridized carbons (Fsp3) is 0.944. The van der Waals surface area contributed by atoms with Crippen LogP contribution in [-0.2, 0) is 28.6 Å². The summed E-state index contributed by atoms with van der Waals surface area (Å²) in [6, 6.07) is 0. The molecule has 0 radical (unpaired) electrons. The van der Waals surface area contributed by atoms with Crippen LogP contribution in [-0.4, -0.2) is 37.2 Å². The Balaban J connectivity index is 4.25. The average Bonchev–Trinajstić information content (AvgIpc) is 3.22. The van der Waals surface area contributed by atoms with Gasteiger partial charge in [0.1, 0.15) is 13.2 Å². The molecule has 0 unspecified atom stereocenters. The second-order valence-electron chi connectivity index (χ2n) is 19.5. The second-order valence-corrected chi connectivity index (χ2v) is 19.5. The number of carbonyl (C=O) groups excluding carboxylic acids is 3. The van der Waals surface area contributed by atoms with Crippen molar-refractivity contribution in [1.82, 2.24) is 0 Å². The molecular formula is C54H104O6. The van der Waals surface area contributed by atoms with E-state index in [1.807, 2.05) is 0 Å². The largest absolute Gasteiger partial charge is 0.462 e. The molecule has 0 amide bonds. The minimum Gasteiger partial charge on any atom is -0.462 e. The molecule has 0 aliphatic carbocycles. The lowest BCUT2D eigenvalue weighted by atomic mass is 10.0. The Hall–Kier alpha value is -1.59. The minimum atomic E-state index is -0.761. The van der Waals surface area contributed by atoms with Crippen molar-refractivity contribution in [3.8, 4) is 0 Å². The highest BCUT2D eigenvalue weighted by atomic mass is 16.6. The van der Waals surface area contributed by atoms with Crippen molar-refractivity contribution in [2.75, 3.05) is 13.2 Å². The highest BCUT2D eigenvalue weighted by molar-refractivity contribution is 5.71. The van der Waals surface area contributed by atoms with Gasteiger partial charge < -0.3 is 14.2 Å². The topological polar surface area (TPSA) is 78.9 Å². The van der Waals surface area contributed by atoms with Crippen LogP contribution in [0.2, 0.25) is 0 Å². The molecule has 0 aromatic rings. The number of hydrogen-bond donors (Lipinski definition) is 0. The maximum atomic E-state index is 12.8. The van der Waals surface area contributed by atoms with Gasteiger partial charge in [0.05, 0.1) is 0 Å². The monoisotopic (exact) mass is 849 g/mol. The fourth-order valence-electron chi connectivity index (χ4n) is 8.17. The predicted octanol–water partition coefficient (Wildman–Crippen LogP) is 17.3. The third-order valence-corrected chi connectivity index (χ3v) is 12.2. The quantitative estimate of drug-likeness (QED) is 0.0345. The van der Waals surface area contributed by atoms with E-state index in [1.165, 1.54) is 186 Å². The standard InChI is InChI=1S/C54H104O6/c1-6-7-8-9-10-11-24-29-34-39-44-52(55)58-47-51(48-59-53(56)45-40-35-30-25-21-20-23-28-33-38-43-50(4)5)60-54(57)46-41-36-31-26-19-17-15-13-12-14-16-18-22-27-32-37-42-49(2)3/h49-51H,6-48H2,1-5H3/t51-/m0/s1. The number of hydrogen-bond acceptors (Lipinski definition) is 6. The number of carbonyl (C=O) groups is 3. The molecular weight excluding hydrogens is 745 g/mol. The molecule has 60 heavy (non-hydrogen) atoms. The average molecular weight is 849 g/mol. The Kier molecular flexibility index (Phi) is 45.7. The molecule has 0 saturated heterocycles. The van der Waals surface area contributed by atoms with Gasteiger partial charge >= 0.3 is 17.9 Å². The Morgan fingerprint density at radius 2 is 0.550 bits per heavy atom. The first kappa shape index (κ1) is 58.4. The zero-order valence-electron chi connectivity index (χ0n) is 41.1. The molecule has 1 atom stereocenters. The summed E-state index contributed by atoms with van der Waals surface area (Å²) < 4.78 is 16.8. The molecule has 0 bridgehead atoms. The summed E-state index contributed by atoms with van der Waals surface area (Å²) in [6.07, 6.45) is 48.1. The van der Waals surface area contributed by atoms with Crippen LogP contribution in [0.15, 0.2) is 0 Å². The van der Waals surface area contributed by atoms with Gasteiger partial charge in [0.15, 0.2) is 6.10 Å². The van der Waals surface area contributed by atoms with E-state index in [0.717, 1.165) is 69.6 Å². The van der Waals surface area contributed by atoms with Crippen LogP contribution in [0.1, 0.15) is 298 Å². The summed E-state index contributed by atoms with van der Waals surface area (Å²) in [5.74, 6) is 0.823. The van der Waals surface area contributed by atoms with Gasteiger partial charge in [-0.15, -0.1) is 0 Å². The van der Waals surface area contributed by atoms with Crippen molar-refractivity contribution in [3.63, 3.8) is 0 Å². The highest BCUT2D eigenvalue weighted by Crippen LogP contribution is 2.18. The van der Waals surface area contributed by atoms with Crippen molar-refractivity contribution < 1.29 is 28.6 Å².